The minimum atomic E-state index is 0.576. The molecular weight excluding hydrogens is 340 g/mol. The first-order chi connectivity index (χ1) is 12.7. The second-order valence-corrected chi connectivity index (χ2v) is 8.39. The van der Waals surface area contributed by atoms with Gasteiger partial charge in [0.25, 0.3) is 0 Å². The predicted molar refractivity (Wildman–Crippen MR) is 109 cm³/mol. The van der Waals surface area contributed by atoms with E-state index in [2.05, 4.69) is 58.4 Å². The van der Waals surface area contributed by atoms with Gasteiger partial charge in [0.2, 0.25) is 0 Å². The van der Waals surface area contributed by atoms with Crippen molar-refractivity contribution in [2.24, 2.45) is 0 Å². The molecule has 4 nitrogen and oxygen atoms in total. The quantitative estimate of drug-likeness (QED) is 0.714. The lowest BCUT2D eigenvalue weighted by molar-refractivity contribution is 0.203. The molecule has 1 aliphatic carbocycles. The fraction of sp³-hybridized carbons (Fsp3) is 0.524. The molecule has 0 amide bonds. The zero-order valence-electron chi connectivity index (χ0n) is 15.8. The Morgan fingerprint density at radius 1 is 1.08 bits per heavy atom. The number of thioether (sulfide) groups is 1. The first-order valence-electron chi connectivity index (χ1n) is 9.64. The summed E-state index contributed by atoms with van der Waals surface area (Å²) >= 11 is 1.80. The van der Waals surface area contributed by atoms with Crippen molar-refractivity contribution in [2.75, 3.05) is 31.3 Å². The third-order valence-electron chi connectivity index (χ3n) is 5.63. The molecule has 1 aromatic carbocycles. The number of anilines is 1. The Balaban J connectivity index is 1.31. The van der Waals surface area contributed by atoms with E-state index in [-0.39, 0.29) is 0 Å². The van der Waals surface area contributed by atoms with Crippen molar-refractivity contribution in [3.05, 3.63) is 47.9 Å². The van der Waals surface area contributed by atoms with Crippen LogP contribution < -0.4 is 4.90 Å². The Bertz CT molecular complexity index is 721. The van der Waals surface area contributed by atoms with Crippen molar-refractivity contribution in [3.8, 4) is 0 Å². The minimum absolute atomic E-state index is 0.576. The van der Waals surface area contributed by atoms with E-state index in [1.807, 2.05) is 6.20 Å². The van der Waals surface area contributed by atoms with Crippen molar-refractivity contribution in [1.82, 2.24) is 14.9 Å². The molecule has 26 heavy (non-hydrogen) atoms. The maximum Gasteiger partial charge on any atom is 0.133 e. The number of piperidine rings is 1. The SMILES string of the molecule is CSc1ccc(CN2CCC(N(C)c3ccnc(C4CC4)n3)CC2)cc1. The van der Waals surface area contributed by atoms with Gasteiger partial charge in [-0.3, -0.25) is 4.90 Å². The monoisotopic (exact) mass is 368 g/mol. The van der Waals surface area contributed by atoms with Gasteiger partial charge in [-0.15, -0.1) is 11.8 Å². The molecule has 0 unspecified atom stereocenters. The molecule has 5 heteroatoms. The molecule has 2 aromatic rings. The molecule has 1 saturated carbocycles. The number of likely N-dealkylation sites (tertiary alicyclic amines) is 1. The molecular formula is C21H28N4S. The van der Waals surface area contributed by atoms with E-state index in [4.69, 9.17) is 4.98 Å². The van der Waals surface area contributed by atoms with Crippen LogP contribution in [0.4, 0.5) is 5.82 Å². The lowest BCUT2D eigenvalue weighted by atomic mass is 10.0. The summed E-state index contributed by atoms with van der Waals surface area (Å²) in [6.07, 6.45) is 8.96. The van der Waals surface area contributed by atoms with Crippen molar-refractivity contribution < 1.29 is 0 Å². The topological polar surface area (TPSA) is 32.3 Å². The fourth-order valence-electron chi connectivity index (χ4n) is 3.74. The number of aromatic nitrogens is 2. The highest BCUT2D eigenvalue weighted by Gasteiger charge is 2.28. The van der Waals surface area contributed by atoms with Gasteiger partial charge in [0.15, 0.2) is 0 Å². The smallest absolute Gasteiger partial charge is 0.133 e. The van der Waals surface area contributed by atoms with E-state index in [0.717, 1.165) is 31.3 Å². The molecule has 1 aromatic heterocycles. The Morgan fingerprint density at radius 3 is 2.46 bits per heavy atom. The second kappa shape index (κ2) is 7.97. The number of benzene rings is 1. The van der Waals surface area contributed by atoms with Crippen LogP contribution in [0.5, 0.6) is 0 Å². The molecule has 138 valence electrons. The van der Waals surface area contributed by atoms with Crippen LogP contribution in [0.15, 0.2) is 41.4 Å². The normalized spacial score (nSPS) is 18.8. The number of nitrogens with zero attached hydrogens (tertiary/aromatic N) is 4. The zero-order chi connectivity index (χ0) is 17.9. The molecule has 1 aliphatic heterocycles. The van der Waals surface area contributed by atoms with Crippen molar-refractivity contribution in [2.45, 2.75) is 49.1 Å². The highest BCUT2D eigenvalue weighted by Crippen LogP contribution is 2.38. The van der Waals surface area contributed by atoms with E-state index in [1.54, 1.807) is 11.8 Å². The van der Waals surface area contributed by atoms with Crippen molar-refractivity contribution in [3.63, 3.8) is 0 Å². The van der Waals surface area contributed by atoms with Gasteiger partial charge in [-0.2, -0.15) is 0 Å². The van der Waals surface area contributed by atoms with Crippen LogP contribution >= 0.6 is 11.8 Å². The average Bonchev–Trinajstić information content (AvgIpc) is 3.54. The molecule has 2 aliphatic rings. The summed E-state index contributed by atoms with van der Waals surface area (Å²) in [5.74, 6) is 2.75. The lowest BCUT2D eigenvalue weighted by Gasteiger charge is -2.37. The molecule has 0 atom stereocenters. The highest BCUT2D eigenvalue weighted by atomic mass is 32.2. The molecule has 1 saturated heterocycles. The molecule has 0 bridgehead atoms. The van der Waals surface area contributed by atoms with E-state index in [9.17, 15) is 0 Å². The summed E-state index contributed by atoms with van der Waals surface area (Å²) in [7, 11) is 2.19. The number of hydrogen-bond donors (Lipinski definition) is 0. The minimum Gasteiger partial charge on any atom is -0.356 e. The lowest BCUT2D eigenvalue weighted by Crippen LogP contribution is -2.43. The van der Waals surface area contributed by atoms with Gasteiger partial charge in [-0.05, 0) is 55.7 Å². The summed E-state index contributed by atoms with van der Waals surface area (Å²) < 4.78 is 0. The Hall–Kier alpha value is -1.59. The van der Waals surface area contributed by atoms with E-state index in [1.165, 1.54) is 36.1 Å². The Labute approximate surface area is 161 Å². The van der Waals surface area contributed by atoms with Gasteiger partial charge in [0.1, 0.15) is 11.6 Å². The summed E-state index contributed by atoms with van der Waals surface area (Å²) in [6.45, 7) is 3.37. The predicted octanol–water partition coefficient (Wildman–Crippen LogP) is 4.18. The number of hydrogen-bond acceptors (Lipinski definition) is 5. The van der Waals surface area contributed by atoms with Crippen LogP contribution in [0, 0.1) is 0 Å². The first kappa shape index (κ1) is 17.8. The molecule has 4 rings (SSSR count). The van der Waals surface area contributed by atoms with Gasteiger partial charge in [0, 0.05) is 49.7 Å². The highest BCUT2D eigenvalue weighted by molar-refractivity contribution is 7.98. The van der Waals surface area contributed by atoms with Crippen LogP contribution in [0.2, 0.25) is 0 Å². The summed E-state index contributed by atoms with van der Waals surface area (Å²) in [6, 6.07) is 11.6. The third-order valence-corrected chi connectivity index (χ3v) is 6.38. The Morgan fingerprint density at radius 2 is 1.81 bits per heavy atom. The summed E-state index contributed by atoms with van der Waals surface area (Å²) in [5.41, 5.74) is 1.42. The summed E-state index contributed by atoms with van der Waals surface area (Å²) in [4.78, 5) is 15.6. The first-order valence-corrected chi connectivity index (χ1v) is 10.9. The van der Waals surface area contributed by atoms with Crippen molar-refractivity contribution >= 4 is 17.6 Å². The van der Waals surface area contributed by atoms with Crippen LogP contribution in [-0.2, 0) is 6.54 Å². The van der Waals surface area contributed by atoms with Crippen LogP contribution in [0.25, 0.3) is 0 Å². The van der Waals surface area contributed by atoms with Crippen LogP contribution in [0.1, 0.15) is 43.0 Å². The van der Waals surface area contributed by atoms with E-state index < -0.39 is 0 Å². The molecule has 0 N–H and O–H groups in total. The fourth-order valence-corrected chi connectivity index (χ4v) is 4.15. The molecule has 0 radical (unpaired) electrons. The molecule has 2 heterocycles. The number of rotatable bonds is 6. The third kappa shape index (κ3) is 4.21. The maximum absolute atomic E-state index is 4.81. The molecule has 0 spiro atoms. The maximum atomic E-state index is 4.81. The zero-order valence-corrected chi connectivity index (χ0v) is 16.6. The van der Waals surface area contributed by atoms with Crippen LogP contribution in [-0.4, -0.2) is 47.3 Å². The van der Waals surface area contributed by atoms with Gasteiger partial charge < -0.3 is 4.90 Å². The van der Waals surface area contributed by atoms with Crippen LogP contribution in [0.3, 0.4) is 0 Å². The standard InChI is InChI=1S/C21H28N4S/c1-24(20-9-12-22-21(23-20)17-5-6-17)18-10-13-25(14-11-18)15-16-3-7-19(26-2)8-4-16/h3-4,7-9,12,17-18H,5-6,10-11,13-15H2,1-2H3. The van der Waals surface area contributed by atoms with Gasteiger partial charge in [0.05, 0.1) is 0 Å². The molecule has 2 fully saturated rings. The van der Waals surface area contributed by atoms with Gasteiger partial charge in [-0.25, -0.2) is 9.97 Å². The second-order valence-electron chi connectivity index (χ2n) is 7.51. The van der Waals surface area contributed by atoms with Gasteiger partial charge in [-0.1, -0.05) is 12.1 Å². The average molecular weight is 369 g/mol. The van der Waals surface area contributed by atoms with E-state index in [0.29, 0.717) is 12.0 Å². The largest absolute Gasteiger partial charge is 0.356 e. The Kier molecular flexibility index (Phi) is 5.46. The van der Waals surface area contributed by atoms with Gasteiger partial charge >= 0.3 is 0 Å². The van der Waals surface area contributed by atoms with Crippen molar-refractivity contribution in [1.29, 1.82) is 0 Å². The summed E-state index contributed by atoms with van der Waals surface area (Å²) in [5, 5.41) is 0. The van der Waals surface area contributed by atoms with E-state index >= 15 is 0 Å².